The van der Waals surface area contributed by atoms with Crippen molar-refractivity contribution in [3.8, 4) is 34.4 Å². The number of carbonyl (C=O) groups excluding carboxylic acids is 2. The second-order valence-corrected chi connectivity index (χ2v) is 9.05. The fourth-order valence-corrected chi connectivity index (χ4v) is 4.97. The van der Waals surface area contributed by atoms with Crippen LogP contribution in [0.3, 0.4) is 0 Å². The van der Waals surface area contributed by atoms with Gasteiger partial charge in [0.2, 0.25) is 28.9 Å². The van der Waals surface area contributed by atoms with E-state index in [4.69, 9.17) is 35.1 Å². The Hall–Kier alpha value is -4.05. The van der Waals surface area contributed by atoms with Gasteiger partial charge in [0.1, 0.15) is 27.8 Å². The molecule has 5 rings (SSSR count). The zero-order valence-electron chi connectivity index (χ0n) is 20.6. The molecule has 192 valence electrons. The molecule has 3 aromatic rings. The van der Waals surface area contributed by atoms with Crippen molar-refractivity contribution >= 4 is 23.2 Å². The summed E-state index contributed by atoms with van der Waals surface area (Å²) in [6, 6.07) is 8.85. The highest BCUT2D eigenvalue weighted by molar-refractivity contribution is 6.36. The van der Waals surface area contributed by atoms with Gasteiger partial charge in [0.05, 0.1) is 33.4 Å². The topological polar surface area (TPSA) is 122 Å². The first-order chi connectivity index (χ1) is 17.8. The number of methoxy groups -OCH3 is 3. The minimum Gasteiger partial charge on any atom is -0.496 e. The lowest BCUT2D eigenvalue weighted by Gasteiger charge is -2.35. The average Bonchev–Trinajstić information content (AvgIpc) is 3.50. The Bertz CT molecular complexity index is 1430. The van der Waals surface area contributed by atoms with Crippen molar-refractivity contribution in [3.05, 3.63) is 58.6 Å². The van der Waals surface area contributed by atoms with Crippen molar-refractivity contribution in [2.75, 3.05) is 21.3 Å². The number of halogens is 1. The van der Waals surface area contributed by atoms with E-state index in [2.05, 4.69) is 15.5 Å². The van der Waals surface area contributed by atoms with Crippen LogP contribution in [-0.4, -0.2) is 48.6 Å². The number of nitrogens with one attached hydrogen (secondary N) is 1. The molecule has 2 atom stereocenters. The number of hydrogen-bond donors (Lipinski definition) is 1. The molecule has 1 spiro atoms. The van der Waals surface area contributed by atoms with E-state index in [9.17, 15) is 9.59 Å². The number of ether oxygens (including phenoxy) is 4. The van der Waals surface area contributed by atoms with Crippen molar-refractivity contribution < 1.29 is 33.1 Å². The van der Waals surface area contributed by atoms with Gasteiger partial charge >= 0.3 is 0 Å². The molecular weight excluding hydrogens is 502 g/mol. The number of Topliss-reactive ketones (excluding diaryl/α,β-unsaturated/α-hetero) is 1. The van der Waals surface area contributed by atoms with E-state index in [1.165, 1.54) is 26.4 Å². The van der Waals surface area contributed by atoms with E-state index < -0.39 is 23.1 Å². The quantitative estimate of drug-likeness (QED) is 0.452. The Balaban J connectivity index is 1.36. The van der Waals surface area contributed by atoms with Crippen LogP contribution < -0.4 is 24.3 Å². The number of para-hydroxylation sites is 1. The standard InChI is InChI=1S/C26H24ClN3O7/c1-13-9-14(28-12-20-29-25(30-37-20)15-7-5-6-8-16(15)33-2)10-19(31)26(13)24(32)21-17(34-3)11-18(35-4)22(27)23(21)36-26/h5-8,10-11,13,28H,9,12H2,1-4H3. The van der Waals surface area contributed by atoms with Crippen LogP contribution in [-0.2, 0) is 11.3 Å². The van der Waals surface area contributed by atoms with Crippen LogP contribution in [0.5, 0.6) is 23.0 Å². The van der Waals surface area contributed by atoms with Crippen molar-refractivity contribution in [2.45, 2.75) is 25.5 Å². The minimum absolute atomic E-state index is 0.0857. The van der Waals surface area contributed by atoms with E-state index in [0.29, 0.717) is 35.1 Å². The van der Waals surface area contributed by atoms with Crippen LogP contribution >= 0.6 is 11.6 Å². The SMILES string of the molecule is COc1ccccc1-c1noc(CNC2=CC(=O)C3(Oc4c(Cl)c(OC)cc(OC)c4C3=O)C(C)C2)n1. The molecule has 0 saturated carbocycles. The average molecular weight is 526 g/mol. The monoisotopic (exact) mass is 525 g/mol. The molecule has 1 aliphatic heterocycles. The molecule has 11 heteroatoms. The van der Waals surface area contributed by atoms with Gasteiger partial charge in [-0.1, -0.05) is 35.8 Å². The molecule has 1 aromatic heterocycles. The van der Waals surface area contributed by atoms with E-state index in [1.807, 2.05) is 24.3 Å². The number of rotatable bonds is 7. The van der Waals surface area contributed by atoms with Gasteiger partial charge in [-0.05, 0) is 18.6 Å². The lowest BCUT2D eigenvalue weighted by Crippen LogP contribution is -2.55. The van der Waals surface area contributed by atoms with Gasteiger partial charge in [-0.3, -0.25) is 9.59 Å². The number of benzene rings is 2. The van der Waals surface area contributed by atoms with Gasteiger partial charge in [0, 0.05) is 23.8 Å². The summed E-state index contributed by atoms with van der Waals surface area (Å²) in [7, 11) is 4.43. The van der Waals surface area contributed by atoms with Crippen molar-refractivity contribution in [1.82, 2.24) is 15.5 Å². The first-order valence-corrected chi connectivity index (χ1v) is 11.8. The fraction of sp³-hybridized carbons (Fsp3) is 0.308. The predicted molar refractivity (Wildman–Crippen MR) is 132 cm³/mol. The Morgan fingerprint density at radius 1 is 1.11 bits per heavy atom. The lowest BCUT2D eigenvalue weighted by molar-refractivity contribution is -0.129. The van der Waals surface area contributed by atoms with Gasteiger partial charge in [0.15, 0.2) is 5.75 Å². The highest BCUT2D eigenvalue weighted by Gasteiger charge is 2.60. The summed E-state index contributed by atoms with van der Waals surface area (Å²) in [5.41, 5.74) is -0.292. The molecule has 1 N–H and O–H groups in total. The van der Waals surface area contributed by atoms with E-state index in [1.54, 1.807) is 14.0 Å². The van der Waals surface area contributed by atoms with Crippen LogP contribution in [0.15, 0.2) is 46.6 Å². The first-order valence-electron chi connectivity index (χ1n) is 11.5. The molecule has 2 heterocycles. The molecule has 0 fully saturated rings. The Morgan fingerprint density at radius 3 is 2.54 bits per heavy atom. The Kier molecular flexibility index (Phi) is 6.28. The molecule has 1 aliphatic carbocycles. The predicted octanol–water partition coefficient (Wildman–Crippen LogP) is 4.01. The van der Waals surface area contributed by atoms with Crippen LogP contribution in [0.2, 0.25) is 5.02 Å². The molecule has 37 heavy (non-hydrogen) atoms. The molecule has 0 amide bonds. The summed E-state index contributed by atoms with van der Waals surface area (Å²) in [6.45, 7) is 1.97. The molecule has 0 radical (unpaired) electrons. The van der Waals surface area contributed by atoms with Crippen molar-refractivity contribution in [3.63, 3.8) is 0 Å². The molecule has 2 aliphatic rings. The normalized spacial score (nSPS) is 20.4. The van der Waals surface area contributed by atoms with Gasteiger partial charge < -0.3 is 28.8 Å². The number of nitrogens with zero attached hydrogens (tertiary/aromatic N) is 2. The van der Waals surface area contributed by atoms with Crippen molar-refractivity contribution in [1.29, 1.82) is 0 Å². The van der Waals surface area contributed by atoms with E-state index in [-0.39, 0.29) is 34.4 Å². The highest BCUT2D eigenvalue weighted by Crippen LogP contribution is 2.52. The van der Waals surface area contributed by atoms with Crippen LogP contribution in [0, 0.1) is 5.92 Å². The second kappa shape index (κ2) is 9.44. The van der Waals surface area contributed by atoms with E-state index in [0.717, 1.165) is 0 Å². The summed E-state index contributed by atoms with van der Waals surface area (Å²) in [5.74, 6) is 0.442. The minimum atomic E-state index is -1.74. The summed E-state index contributed by atoms with van der Waals surface area (Å²) >= 11 is 6.43. The number of allylic oxidation sites excluding steroid dienone is 1. The zero-order valence-corrected chi connectivity index (χ0v) is 21.3. The molecule has 10 nitrogen and oxygen atoms in total. The number of ketones is 2. The van der Waals surface area contributed by atoms with Crippen molar-refractivity contribution in [2.24, 2.45) is 5.92 Å². The largest absolute Gasteiger partial charge is 0.496 e. The number of carbonyl (C=O) groups is 2. The Labute approximate surface area is 217 Å². The molecule has 2 aromatic carbocycles. The molecule has 0 bridgehead atoms. The first kappa shape index (κ1) is 24.6. The number of aromatic nitrogens is 2. The summed E-state index contributed by atoms with van der Waals surface area (Å²) in [5, 5.41) is 7.30. The third-order valence-electron chi connectivity index (χ3n) is 6.59. The van der Waals surface area contributed by atoms with Crippen LogP contribution in [0.25, 0.3) is 11.4 Å². The van der Waals surface area contributed by atoms with Crippen LogP contribution in [0.4, 0.5) is 0 Å². The summed E-state index contributed by atoms with van der Waals surface area (Å²) in [4.78, 5) is 31.4. The molecule has 0 saturated heterocycles. The zero-order chi connectivity index (χ0) is 26.3. The van der Waals surface area contributed by atoms with E-state index >= 15 is 0 Å². The smallest absolute Gasteiger partial charge is 0.246 e. The third kappa shape index (κ3) is 3.88. The van der Waals surface area contributed by atoms with Gasteiger partial charge in [-0.2, -0.15) is 4.98 Å². The Morgan fingerprint density at radius 2 is 1.84 bits per heavy atom. The second-order valence-electron chi connectivity index (χ2n) is 8.67. The lowest BCUT2D eigenvalue weighted by atomic mass is 9.74. The number of hydrogen-bond acceptors (Lipinski definition) is 10. The highest BCUT2D eigenvalue weighted by atomic mass is 35.5. The maximum absolute atomic E-state index is 13.6. The third-order valence-corrected chi connectivity index (χ3v) is 6.95. The van der Waals surface area contributed by atoms with Gasteiger partial charge in [-0.15, -0.1) is 0 Å². The molecule has 2 unspecified atom stereocenters. The maximum Gasteiger partial charge on any atom is 0.246 e. The van der Waals surface area contributed by atoms with Gasteiger partial charge in [0.25, 0.3) is 0 Å². The number of fused-ring (bicyclic) bond motifs is 1. The summed E-state index contributed by atoms with van der Waals surface area (Å²) < 4.78 is 27.4. The summed E-state index contributed by atoms with van der Waals surface area (Å²) in [6.07, 6.45) is 1.73. The van der Waals surface area contributed by atoms with Gasteiger partial charge in [-0.25, -0.2) is 0 Å². The molecular formula is C26H24ClN3O7. The maximum atomic E-state index is 13.6. The van der Waals surface area contributed by atoms with Crippen LogP contribution in [0.1, 0.15) is 29.6 Å². The fourth-order valence-electron chi connectivity index (χ4n) is 4.71.